The molecule has 0 bridgehead atoms. The average Bonchev–Trinajstić information content (AvgIpc) is 2.67. The highest BCUT2D eigenvalue weighted by Gasteiger charge is 2.12. The second-order valence-corrected chi connectivity index (χ2v) is 3.56. The van der Waals surface area contributed by atoms with E-state index in [1.54, 1.807) is 0 Å². The van der Waals surface area contributed by atoms with Crippen LogP contribution in [0.4, 0.5) is 5.69 Å². The first-order valence-electron chi connectivity index (χ1n) is 4.82. The zero-order valence-corrected chi connectivity index (χ0v) is 9.02. The first-order chi connectivity index (χ1) is 7.72. The van der Waals surface area contributed by atoms with E-state index in [1.165, 1.54) is 17.8 Å². The summed E-state index contributed by atoms with van der Waals surface area (Å²) < 4.78 is 5.10. The molecule has 0 aliphatic rings. The Bertz CT molecular complexity index is 566. The van der Waals surface area contributed by atoms with Crippen LogP contribution in [0.3, 0.4) is 0 Å². The zero-order valence-electron chi connectivity index (χ0n) is 9.02. The fourth-order valence-corrected chi connectivity index (χ4v) is 1.62. The number of hydrogen-bond donors (Lipinski definition) is 0. The summed E-state index contributed by atoms with van der Waals surface area (Å²) in [5.74, 6) is 0.501. The Hall–Kier alpha value is -2.19. The number of nitrogens with zero attached hydrogens (tertiary/aromatic N) is 2. The second-order valence-electron chi connectivity index (χ2n) is 3.56. The Kier molecular flexibility index (Phi) is 2.66. The van der Waals surface area contributed by atoms with Crippen LogP contribution < -0.4 is 0 Å². The Morgan fingerprint density at radius 1 is 1.38 bits per heavy atom. The van der Waals surface area contributed by atoms with Gasteiger partial charge in [0, 0.05) is 5.56 Å². The summed E-state index contributed by atoms with van der Waals surface area (Å²) in [4.78, 5) is 13.8. The van der Waals surface area contributed by atoms with Crippen molar-refractivity contribution < 1.29 is 9.32 Å². The van der Waals surface area contributed by atoms with Crippen molar-refractivity contribution in [3.63, 3.8) is 0 Å². The van der Waals surface area contributed by atoms with Gasteiger partial charge in [0.05, 0.1) is 6.20 Å². The van der Waals surface area contributed by atoms with Crippen LogP contribution in [0, 0.1) is 13.8 Å². The van der Waals surface area contributed by atoms with Gasteiger partial charge >= 0.3 is 0 Å². The van der Waals surface area contributed by atoms with Crippen molar-refractivity contribution in [1.29, 1.82) is 0 Å². The molecule has 0 N–H and O–H groups in total. The molecule has 2 aromatic rings. The van der Waals surface area contributed by atoms with E-state index in [0.29, 0.717) is 11.4 Å². The molecule has 0 atom stereocenters. The van der Waals surface area contributed by atoms with Crippen LogP contribution in [-0.2, 0) is 4.79 Å². The van der Waals surface area contributed by atoms with Crippen LogP contribution in [0.15, 0.2) is 33.9 Å². The van der Waals surface area contributed by atoms with Crippen LogP contribution in [0.2, 0.25) is 0 Å². The molecule has 0 aliphatic carbocycles. The number of benzene rings is 1. The van der Waals surface area contributed by atoms with E-state index >= 15 is 0 Å². The summed E-state index contributed by atoms with van der Waals surface area (Å²) in [5.41, 5.74) is 3.51. The van der Waals surface area contributed by atoms with E-state index in [1.807, 2.05) is 32.0 Å². The highest BCUT2D eigenvalue weighted by Crippen LogP contribution is 2.32. The quantitative estimate of drug-likeness (QED) is 0.570. The predicted octanol–water partition coefficient (Wildman–Crippen LogP) is 2.93. The Labute approximate surface area is 92.6 Å². The topological polar surface area (TPSA) is 55.5 Å². The van der Waals surface area contributed by atoms with Gasteiger partial charge in [0.2, 0.25) is 6.08 Å². The fraction of sp³-hybridized carbons (Fsp3) is 0.167. The summed E-state index contributed by atoms with van der Waals surface area (Å²) in [6.07, 6.45) is 2.89. The molecule has 0 amide bonds. The lowest BCUT2D eigenvalue weighted by atomic mass is 10.0. The highest BCUT2D eigenvalue weighted by atomic mass is 16.5. The summed E-state index contributed by atoms with van der Waals surface area (Å²) in [7, 11) is 0. The Morgan fingerprint density at radius 2 is 2.19 bits per heavy atom. The van der Waals surface area contributed by atoms with E-state index in [2.05, 4.69) is 10.1 Å². The minimum Gasteiger partial charge on any atom is -0.354 e. The second kappa shape index (κ2) is 4.13. The Balaban J connectivity index is 2.58. The molecule has 2 rings (SSSR count). The third kappa shape index (κ3) is 1.78. The molecule has 16 heavy (non-hydrogen) atoms. The van der Waals surface area contributed by atoms with Crippen LogP contribution in [0.25, 0.3) is 11.3 Å². The third-order valence-electron chi connectivity index (χ3n) is 2.34. The van der Waals surface area contributed by atoms with Crippen LogP contribution in [0.5, 0.6) is 0 Å². The number of hydrogen-bond acceptors (Lipinski definition) is 4. The molecule has 0 fully saturated rings. The maximum Gasteiger partial charge on any atom is 0.240 e. The molecule has 1 aromatic carbocycles. The summed E-state index contributed by atoms with van der Waals surface area (Å²) in [6.45, 7) is 3.99. The van der Waals surface area contributed by atoms with Crippen LogP contribution >= 0.6 is 0 Å². The molecule has 0 unspecified atom stereocenters. The van der Waals surface area contributed by atoms with Gasteiger partial charge < -0.3 is 4.52 Å². The van der Waals surface area contributed by atoms with Crippen molar-refractivity contribution in [3.05, 3.63) is 35.5 Å². The number of aromatic nitrogens is 1. The van der Waals surface area contributed by atoms with Gasteiger partial charge in [-0.05, 0) is 19.4 Å². The molecule has 0 saturated heterocycles. The minimum absolute atomic E-state index is 0.405. The first-order valence-corrected chi connectivity index (χ1v) is 4.82. The first kappa shape index (κ1) is 10.3. The zero-order chi connectivity index (χ0) is 11.5. The van der Waals surface area contributed by atoms with Crippen molar-refractivity contribution in [2.24, 2.45) is 4.99 Å². The molecule has 0 aliphatic heterocycles. The van der Waals surface area contributed by atoms with Crippen LogP contribution in [0.1, 0.15) is 11.1 Å². The minimum atomic E-state index is 0.405. The monoisotopic (exact) mass is 214 g/mol. The predicted molar refractivity (Wildman–Crippen MR) is 59.2 cm³/mol. The van der Waals surface area contributed by atoms with E-state index in [0.717, 1.165) is 11.1 Å². The van der Waals surface area contributed by atoms with Gasteiger partial charge in [0.25, 0.3) is 0 Å². The lowest BCUT2D eigenvalue weighted by Gasteiger charge is -2.03. The van der Waals surface area contributed by atoms with E-state index in [-0.39, 0.29) is 0 Å². The lowest BCUT2D eigenvalue weighted by molar-refractivity contribution is 0.432. The highest BCUT2D eigenvalue weighted by molar-refractivity contribution is 5.73. The molecule has 80 valence electrons. The molecule has 0 saturated carbocycles. The SMILES string of the molecule is Cc1ccc(-c2oncc2N=C=O)c(C)c1. The standard InChI is InChI=1S/C12H10N2O2/c1-8-3-4-10(9(2)5-8)12-11(13-7-15)6-14-16-12/h3-6H,1-2H3. The summed E-state index contributed by atoms with van der Waals surface area (Å²) in [5, 5.41) is 3.63. The molecule has 1 aromatic heterocycles. The molecular formula is C12H10N2O2. The molecule has 4 nitrogen and oxygen atoms in total. The van der Waals surface area contributed by atoms with Gasteiger partial charge in [-0.2, -0.15) is 4.99 Å². The number of carbonyl (C=O) groups excluding carboxylic acids is 1. The molecule has 0 spiro atoms. The van der Waals surface area contributed by atoms with Gasteiger partial charge in [-0.1, -0.05) is 28.9 Å². The van der Waals surface area contributed by atoms with Gasteiger partial charge in [-0.25, -0.2) is 4.79 Å². The van der Waals surface area contributed by atoms with Crippen molar-refractivity contribution >= 4 is 11.8 Å². The van der Waals surface area contributed by atoms with Crippen LogP contribution in [-0.4, -0.2) is 11.2 Å². The van der Waals surface area contributed by atoms with Gasteiger partial charge in [-0.15, -0.1) is 0 Å². The molecule has 0 radical (unpaired) electrons. The fourth-order valence-electron chi connectivity index (χ4n) is 1.62. The maximum atomic E-state index is 10.2. The molecule has 1 heterocycles. The third-order valence-corrected chi connectivity index (χ3v) is 2.34. The normalized spacial score (nSPS) is 9.88. The number of rotatable bonds is 2. The average molecular weight is 214 g/mol. The maximum absolute atomic E-state index is 10.2. The van der Waals surface area contributed by atoms with Gasteiger partial charge in [0.1, 0.15) is 5.69 Å². The van der Waals surface area contributed by atoms with E-state index < -0.39 is 0 Å². The lowest BCUT2D eigenvalue weighted by Crippen LogP contribution is -1.83. The smallest absolute Gasteiger partial charge is 0.240 e. The van der Waals surface area contributed by atoms with Crippen molar-refractivity contribution in [3.8, 4) is 11.3 Å². The van der Waals surface area contributed by atoms with Crippen molar-refractivity contribution in [1.82, 2.24) is 5.16 Å². The van der Waals surface area contributed by atoms with Crippen molar-refractivity contribution in [2.75, 3.05) is 0 Å². The van der Waals surface area contributed by atoms with E-state index in [9.17, 15) is 4.79 Å². The number of aryl methyl sites for hydroxylation is 2. The largest absolute Gasteiger partial charge is 0.354 e. The van der Waals surface area contributed by atoms with Gasteiger partial charge in [0.15, 0.2) is 5.76 Å². The number of isocyanates is 1. The Morgan fingerprint density at radius 3 is 2.88 bits per heavy atom. The summed E-state index contributed by atoms with van der Waals surface area (Å²) in [6, 6.07) is 5.93. The molecule has 4 heteroatoms. The summed E-state index contributed by atoms with van der Waals surface area (Å²) >= 11 is 0. The molecular weight excluding hydrogens is 204 g/mol. The van der Waals surface area contributed by atoms with Crippen molar-refractivity contribution in [2.45, 2.75) is 13.8 Å². The van der Waals surface area contributed by atoms with E-state index in [4.69, 9.17) is 4.52 Å². The number of aliphatic imine (C=N–C) groups is 1. The van der Waals surface area contributed by atoms with Gasteiger partial charge in [-0.3, -0.25) is 0 Å².